The predicted molar refractivity (Wildman–Crippen MR) is 51.6 cm³/mol. The molecule has 3 heteroatoms. The van der Waals surface area contributed by atoms with Gasteiger partial charge in [-0.05, 0) is 25.3 Å². The molecule has 13 heavy (non-hydrogen) atoms. The van der Waals surface area contributed by atoms with Crippen molar-refractivity contribution in [3.05, 3.63) is 0 Å². The molecule has 0 amide bonds. The molecule has 0 radical (unpaired) electrons. The third-order valence-electron chi connectivity index (χ3n) is 2.79. The molecule has 0 bridgehead atoms. The lowest BCUT2D eigenvalue weighted by atomic mass is 9.88. The van der Waals surface area contributed by atoms with E-state index in [-0.39, 0.29) is 12.0 Å². The first-order chi connectivity index (χ1) is 6.13. The molecule has 0 aromatic heterocycles. The highest BCUT2D eigenvalue weighted by atomic mass is 16.4. The number of carbonyl (C=O) groups is 1. The average molecular weight is 185 g/mol. The van der Waals surface area contributed by atoms with Gasteiger partial charge in [-0.3, -0.25) is 4.79 Å². The Bertz CT molecular complexity index is 180. The second-order valence-corrected chi connectivity index (χ2v) is 4.16. The number of aliphatic carboxylic acids is 1. The standard InChI is InChI=1S/C10H19NO2/c1-7(2)9-8(10(12)13)5-3-4-6-11-9/h7-9,11H,3-6H2,1-2H3,(H,12,13). The smallest absolute Gasteiger partial charge is 0.308 e. The van der Waals surface area contributed by atoms with E-state index in [9.17, 15) is 4.79 Å². The van der Waals surface area contributed by atoms with Crippen LogP contribution in [0.25, 0.3) is 0 Å². The van der Waals surface area contributed by atoms with Gasteiger partial charge in [-0.15, -0.1) is 0 Å². The van der Waals surface area contributed by atoms with E-state index < -0.39 is 5.97 Å². The molecule has 2 N–H and O–H groups in total. The minimum Gasteiger partial charge on any atom is -0.481 e. The van der Waals surface area contributed by atoms with Crippen molar-refractivity contribution >= 4 is 5.97 Å². The van der Waals surface area contributed by atoms with Crippen molar-refractivity contribution in [2.75, 3.05) is 6.54 Å². The Balaban J connectivity index is 2.66. The molecule has 0 aromatic carbocycles. The maximum absolute atomic E-state index is 11.0. The fraction of sp³-hybridized carbons (Fsp3) is 0.900. The van der Waals surface area contributed by atoms with Gasteiger partial charge in [0.2, 0.25) is 0 Å². The minimum absolute atomic E-state index is 0.153. The molecule has 3 nitrogen and oxygen atoms in total. The second kappa shape index (κ2) is 4.61. The summed E-state index contributed by atoms with van der Waals surface area (Å²) in [5, 5.41) is 12.4. The molecule has 0 aromatic rings. The molecular formula is C10H19NO2. The third kappa shape index (κ3) is 2.69. The van der Waals surface area contributed by atoms with Crippen molar-refractivity contribution in [2.45, 2.75) is 39.2 Å². The van der Waals surface area contributed by atoms with E-state index in [4.69, 9.17) is 5.11 Å². The SMILES string of the molecule is CC(C)C1NCCCCC1C(=O)O. The van der Waals surface area contributed by atoms with Crippen LogP contribution in [0.15, 0.2) is 0 Å². The van der Waals surface area contributed by atoms with Crippen molar-refractivity contribution in [1.29, 1.82) is 0 Å². The number of rotatable bonds is 2. The highest BCUT2D eigenvalue weighted by Gasteiger charge is 2.30. The predicted octanol–water partition coefficient (Wildman–Crippen LogP) is 1.49. The number of hydrogen-bond donors (Lipinski definition) is 2. The number of carboxylic acids is 1. The van der Waals surface area contributed by atoms with Crippen LogP contribution in [-0.2, 0) is 4.79 Å². The molecule has 1 aliphatic heterocycles. The molecule has 1 rings (SSSR count). The lowest BCUT2D eigenvalue weighted by Crippen LogP contribution is -2.42. The summed E-state index contributed by atoms with van der Waals surface area (Å²) in [6.07, 6.45) is 2.96. The Morgan fingerprint density at radius 1 is 1.46 bits per heavy atom. The molecule has 2 atom stereocenters. The second-order valence-electron chi connectivity index (χ2n) is 4.16. The van der Waals surface area contributed by atoms with E-state index in [1.165, 1.54) is 0 Å². The van der Waals surface area contributed by atoms with Gasteiger partial charge in [-0.25, -0.2) is 0 Å². The fourth-order valence-electron chi connectivity index (χ4n) is 2.06. The molecule has 0 spiro atoms. The van der Waals surface area contributed by atoms with Gasteiger partial charge in [-0.1, -0.05) is 20.3 Å². The number of hydrogen-bond acceptors (Lipinski definition) is 2. The van der Waals surface area contributed by atoms with Crippen LogP contribution in [0.5, 0.6) is 0 Å². The minimum atomic E-state index is -0.645. The number of carboxylic acid groups (broad SMARTS) is 1. The first-order valence-corrected chi connectivity index (χ1v) is 5.09. The van der Waals surface area contributed by atoms with Crippen LogP contribution in [-0.4, -0.2) is 23.7 Å². The largest absolute Gasteiger partial charge is 0.481 e. The molecule has 1 saturated heterocycles. The first-order valence-electron chi connectivity index (χ1n) is 5.09. The van der Waals surface area contributed by atoms with E-state index in [2.05, 4.69) is 19.2 Å². The van der Waals surface area contributed by atoms with Crippen LogP contribution in [0.3, 0.4) is 0 Å². The van der Waals surface area contributed by atoms with Gasteiger partial charge in [0.15, 0.2) is 0 Å². The van der Waals surface area contributed by atoms with Crippen LogP contribution in [0.4, 0.5) is 0 Å². The van der Waals surface area contributed by atoms with Crippen molar-refractivity contribution in [3.63, 3.8) is 0 Å². The summed E-state index contributed by atoms with van der Waals surface area (Å²) < 4.78 is 0. The summed E-state index contributed by atoms with van der Waals surface area (Å²) in [5.74, 6) is -0.435. The zero-order chi connectivity index (χ0) is 9.84. The Hall–Kier alpha value is -0.570. The summed E-state index contributed by atoms with van der Waals surface area (Å²) in [6.45, 7) is 5.13. The van der Waals surface area contributed by atoms with Crippen LogP contribution in [0, 0.1) is 11.8 Å². The van der Waals surface area contributed by atoms with E-state index >= 15 is 0 Å². The van der Waals surface area contributed by atoms with Gasteiger partial charge < -0.3 is 10.4 Å². The quantitative estimate of drug-likeness (QED) is 0.685. The van der Waals surface area contributed by atoms with Gasteiger partial charge in [0, 0.05) is 6.04 Å². The van der Waals surface area contributed by atoms with E-state index in [0.717, 1.165) is 25.8 Å². The lowest BCUT2D eigenvalue weighted by Gasteiger charge is -2.25. The average Bonchev–Trinajstić information content (AvgIpc) is 2.27. The summed E-state index contributed by atoms with van der Waals surface area (Å²) in [6, 6.07) is 0.153. The van der Waals surface area contributed by atoms with E-state index in [1.807, 2.05) is 0 Å². The maximum atomic E-state index is 11.0. The van der Waals surface area contributed by atoms with Gasteiger partial charge >= 0.3 is 5.97 Å². The summed E-state index contributed by atoms with van der Waals surface area (Å²) in [5.41, 5.74) is 0. The van der Waals surface area contributed by atoms with Crippen molar-refractivity contribution in [3.8, 4) is 0 Å². The summed E-state index contributed by atoms with van der Waals surface area (Å²) in [4.78, 5) is 11.0. The van der Waals surface area contributed by atoms with Crippen molar-refractivity contribution in [2.24, 2.45) is 11.8 Å². The first kappa shape index (κ1) is 10.5. The Labute approximate surface area is 79.5 Å². The molecule has 76 valence electrons. The Morgan fingerprint density at radius 3 is 2.69 bits per heavy atom. The summed E-state index contributed by atoms with van der Waals surface area (Å²) >= 11 is 0. The molecule has 1 fully saturated rings. The van der Waals surface area contributed by atoms with Gasteiger partial charge in [0.25, 0.3) is 0 Å². The normalized spacial score (nSPS) is 30.1. The fourth-order valence-corrected chi connectivity index (χ4v) is 2.06. The van der Waals surface area contributed by atoms with E-state index in [0.29, 0.717) is 5.92 Å². The van der Waals surface area contributed by atoms with E-state index in [1.54, 1.807) is 0 Å². The van der Waals surface area contributed by atoms with Crippen LogP contribution in [0.2, 0.25) is 0 Å². The molecule has 0 aliphatic carbocycles. The molecule has 0 saturated carbocycles. The molecule has 1 heterocycles. The van der Waals surface area contributed by atoms with Gasteiger partial charge in [0.05, 0.1) is 5.92 Å². The van der Waals surface area contributed by atoms with Crippen molar-refractivity contribution < 1.29 is 9.90 Å². The molecule has 2 unspecified atom stereocenters. The Kier molecular flexibility index (Phi) is 3.72. The highest BCUT2D eigenvalue weighted by molar-refractivity contribution is 5.71. The zero-order valence-electron chi connectivity index (χ0n) is 8.42. The third-order valence-corrected chi connectivity index (χ3v) is 2.79. The number of nitrogens with one attached hydrogen (secondary N) is 1. The zero-order valence-corrected chi connectivity index (χ0v) is 8.42. The topological polar surface area (TPSA) is 49.3 Å². The van der Waals surface area contributed by atoms with Crippen LogP contribution >= 0.6 is 0 Å². The Morgan fingerprint density at radius 2 is 2.15 bits per heavy atom. The van der Waals surface area contributed by atoms with Crippen LogP contribution < -0.4 is 5.32 Å². The monoisotopic (exact) mass is 185 g/mol. The molecule has 1 aliphatic rings. The molecular weight excluding hydrogens is 166 g/mol. The lowest BCUT2D eigenvalue weighted by molar-refractivity contribution is -0.143. The van der Waals surface area contributed by atoms with Gasteiger partial charge in [-0.2, -0.15) is 0 Å². The van der Waals surface area contributed by atoms with Crippen LogP contribution in [0.1, 0.15) is 33.1 Å². The summed E-state index contributed by atoms with van der Waals surface area (Å²) in [7, 11) is 0. The highest BCUT2D eigenvalue weighted by Crippen LogP contribution is 2.22. The van der Waals surface area contributed by atoms with Gasteiger partial charge in [0.1, 0.15) is 0 Å². The maximum Gasteiger partial charge on any atom is 0.308 e. The van der Waals surface area contributed by atoms with Crippen molar-refractivity contribution in [1.82, 2.24) is 5.32 Å².